The highest BCUT2D eigenvalue weighted by Gasteiger charge is 2.27. The van der Waals surface area contributed by atoms with E-state index in [0.29, 0.717) is 31.1 Å². The Balaban J connectivity index is 1.66. The number of halogens is 1. The third kappa shape index (κ3) is 4.55. The predicted octanol–water partition coefficient (Wildman–Crippen LogP) is 4.06. The molecule has 0 saturated carbocycles. The largest absolute Gasteiger partial charge is 0.390 e. The van der Waals surface area contributed by atoms with Crippen molar-refractivity contribution >= 4 is 23.3 Å². The van der Waals surface area contributed by atoms with Gasteiger partial charge in [-0.1, -0.05) is 65.3 Å². The number of oxime groups is 1. The van der Waals surface area contributed by atoms with Gasteiger partial charge in [-0.2, -0.15) is 0 Å². The van der Waals surface area contributed by atoms with Gasteiger partial charge in [-0.25, -0.2) is 4.79 Å². The maximum Gasteiger partial charge on any atom is 0.317 e. The van der Waals surface area contributed by atoms with E-state index in [0.717, 1.165) is 16.8 Å². The molecule has 0 spiro atoms. The van der Waals surface area contributed by atoms with Gasteiger partial charge in [-0.05, 0) is 18.6 Å². The van der Waals surface area contributed by atoms with E-state index in [-0.39, 0.29) is 12.1 Å². The van der Waals surface area contributed by atoms with Gasteiger partial charge in [0.15, 0.2) is 6.10 Å². The molecule has 0 bridgehead atoms. The molecule has 0 aliphatic carbocycles. The van der Waals surface area contributed by atoms with Crippen LogP contribution < -0.4 is 5.32 Å². The van der Waals surface area contributed by atoms with Gasteiger partial charge in [0, 0.05) is 30.1 Å². The molecule has 0 fully saturated rings. The van der Waals surface area contributed by atoms with E-state index in [1.807, 2.05) is 61.5 Å². The molecule has 2 amide bonds. The van der Waals surface area contributed by atoms with Crippen LogP contribution in [-0.2, 0) is 11.4 Å². The summed E-state index contributed by atoms with van der Waals surface area (Å²) >= 11 is 6.25. The van der Waals surface area contributed by atoms with E-state index < -0.39 is 0 Å². The van der Waals surface area contributed by atoms with Crippen molar-refractivity contribution in [3.63, 3.8) is 0 Å². The molecule has 1 heterocycles. The molecule has 3 rings (SSSR count). The lowest BCUT2D eigenvalue weighted by atomic mass is 10.0. The molecule has 2 aromatic carbocycles. The summed E-state index contributed by atoms with van der Waals surface area (Å²) in [7, 11) is 0. The van der Waals surface area contributed by atoms with Crippen molar-refractivity contribution in [3.05, 3.63) is 70.7 Å². The number of carbonyl (C=O) groups excluding carboxylic acids is 1. The maximum absolute atomic E-state index is 12.4. The van der Waals surface area contributed by atoms with Crippen molar-refractivity contribution in [2.24, 2.45) is 5.16 Å². The SMILES string of the molecule is CCNC(=O)N(Cc1ccccc1)CC1CC(c2ccccc2Cl)=NO1. The van der Waals surface area contributed by atoms with Gasteiger partial charge >= 0.3 is 6.03 Å². The summed E-state index contributed by atoms with van der Waals surface area (Å²) in [5, 5.41) is 7.71. The lowest BCUT2D eigenvalue weighted by Crippen LogP contribution is -2.43. The Morgan fingerprint density at radius 3 is 2.69 bits per heavy atom. The zero-order valence-corrected chi connectivity index (χ0v) is 15.4. The first kappa shape index (κ1) is 18.3. The zero-order chi connectivity index (χ0) is 18.4. The summed E-state index contributed by atoms with van der Waals surface area (Å²) in [6, 6.07) is 17.4. The number of hydrogen-bond donors (Lipinski definition) is 1. The first-order valence-electron chi connectivity index (χ1n) is 8.71. The fourth-order valence-corrected chi connectivity index (χ4v) is 3.16. The quantitative estimate of drug-likeness (QED) is 0.832. The van der Waals surface area contributed by atoms with Crippen molar-refractivity contribution in [3.8, 4) is 0 Å². The first-order chi connectivity index (χ1) is 12.7. The zero-order valence-electron chi connectivity index (χ0n) is 14.7. The lowest BCUT2D eigenvalue weighted by Gasteiger charge is -2.25. The average Bonchev–Trinajstić information content (AvgIpc) is 3.11. The van der Waals surface area contributed by atoms with E-state index in [9.17, 15) is 4.79 Å². The Hall–Kier alpha value is -2.53. The second-order valence-corrected chi connectivity index (χ2v) is 6.56. The smallest absolute Gasteiger partial charge is 0.317 e. The molecule has 0 radical (unpaired) electrons. The van der Waals surface area contributed by atoms with Crippen LogP contribution >= 0.6 is 11.6 Å². The van der Waals surface area contributed by atoms with Crippen LogP contribution in [0, 0.1) is 0 Å². The Labute approximate surface area is 158 Å². The number of benzene rings is 2. The molecule has 5 nitrogen and oxygen atoms in total. The molecule has 2 aromatic rings. The van der Waals surface area contributed by atoms with E-state index in [2.05, 4.69) is 10.5 Å². The van der Waals surface area contributed by atoms with Gasteiger partial charge < -0.3 is 15.1 Å². The molecular formula is C20H22ClN3O2. The molecule has 1 unspecified atom stereocenters. The van der Waals surface area contributed by atoms with Gasteiger partial charge in [0.05, 0.1) is 12.3 Å². The summed E-state index contributed by atoms with van der Waals surface area (Å²) in [4.78, 5) is 19.8. The Morgan fingerprint density at radius 2 is 1.96 bits per heavy atom. The van der Waals surface area contributed by atoms with Crippen LogP contribution in [0.15, 0.2) is 59.8 Å². The molecule has 1 N–H and O–H groups in total. The fourth-order valence-electron chi connectivity index (χ4n) is 2.91. The number of hydrogen-bond acceptors (Lipinski definition) is 3. The third-order valence-electron chi connectivity index (χ3n) is 4.17. The third-order valence-corrected chi connectivity index (χ3v) is 4.50. The molecule has 1 aliphatic heterocycles. The minimum absolute atomic E-state index is 0.105. The first-order valence-corrected chi connectivity index (χ1v) is 9.09. The second-order valence-electron chi connectivity index (χ2n) is 6.15. The van der Waals surface area contributed by atoms with Crippen LogP contribution in [0.1, 0.15) is 24.5 Å². The standard InChI is InChI=1S/C20H22ClN3O2/c1-2-22-20(25)24(13-15-8-4-3-5-9-15)14-16-12-19(23-26-16)17-10-6-7-11-18(17)21/h3-11,16H,2,12-14H2,1H3,(H,22,25). The van der Waals surface area contributed by atoms with Crippen LogP contribution in [0.3, 0.4) is 0 Å². The van der Waals surface area contributed by atoms with Crippen LogP contribution in [0.4, 0.5) is 4.79 Å². The molecular weight excluding hydrogens is 350 g/mol. The van der Waals surface area contributed by atoms with Crippen LogP contribution in [0.5, 0.6) is 0 Å². The monoisotopic (exact) mass is 371 g/mol. The highest BCUT2D eigenvalue weighted by atomic mass is 35.5. The van der Waals surface area contributed by atoms with Crippen molar-refractivity contribution in [2.45, 2.75) is 26.0 Å². The van der Waals surface area contributed by atoms with Crippen molar-refractivity contribution in [1.82, 2.24) is 10.2 Å². The number of nitrogens with zero attached hydrogens (tertiary/aromatic N) is 2. The number of carbonyl (C=O) groups is 1. The molecule has 1 atom stereocenters. The van der Waals surface area contributed by atoms with Gasteiger partial charge in [-0.15, -0.1) is 0 Å². The molecule has 1 aliphatic rings. The normalized spacial score (nSPS) is 15.9. The summed E-state index contributed by atoms with van der Waals surface area (Å²) < 4.78 is 0. The Kier molecular flexibility index (Phi) is 6.12. The van der Waals surface area contributed by atoms with Crippen molar-refractivity contribution in [1.29, 1.82) is 0 Å². The maximum atomic E-state index is 12.4. The van der Waals surface area contributed by atoms with E-state index in [1.54, 1.807) is 4.90 Å². The molecule has 0 aromatic heterocycles. The highest BCUT2D eigenvalue weighted by molar-refractivity contribution is 6.34. The second kappa shape index (κ2) is 8.72. The number of rotatable bonds is 6. The van der Waals surface area contributed by atoms with Gasteiger partial charge in [-0.3, -0.25) is 0 Å². The summed E-state index contributed by atoms with van der Waals surface area (Å²) in [5.41, 5.74) is 2.77. The molecule has 26 heavy (non-hydrogen) atoms. The number of nitrogens with one attached hydrogen (secondary N) is 1. The van der Waals surface area contributed by atoms with Crippen LogP contribution in [0.25, 0.3) is 0 Å². The van der Waals surface area contributed by atoms with E-state index >= 15 is 0 Å². The summed E-state index contributed by atoms with van der Waals surface area (Å²) in [6.07, 6.45) is 0.432. The number of urea groups is 1. The van der Waals surface area contributed by atoms with Gasteiger partial charge in [0.25, 0.3) is 0 Å². The molecule has 136 valence electrons. The fraction of sp³-hybridized carbons (Fsp3) is 0.300. The van der Waals surface area contributed by atoms with Crippen LogP contribution in [0.2, 0.25) is 5.02 Å². The van der Waals surface area contributed by atoms with E-state index in [1.165, 1.54) is 0 Å². The number of amides is 2. The Bertz CT molecular complexity index is 780. The van der Waals surface area contributed by atoms with Crippen molar-refractivity contribution < 1.29 is 9.63 Å². The molecule has 0 saturated heterocycles. The van der Waals surface area contributed by atoms with Gasteiger partial charge in [0.1, 0.15) is 0 Å². The minimum atomic E-state index is -0.187. The highest BCUT2D eigenvalue weighted by Crippen LogP contribution is 2.23. The van der Waals surface area contributed by atoms with Crippen molar-refractivity contribution in [2.75, 3.05) is 13.1 Å². The summed E-state index contributed by atoms with van der Waals surface area (Å²) in [6.45, 7) is 3.46. The average molecular weight is 372 g/mol. The van der Waals surface area contributed by atoms with Gasteiger partial charge in [0.2, 0.25) is 0 Å². The Morgan fingerprint density at radius 1 is 1.23 bits per heavy atom. The topological polar surface area (TPSA) is 53.9 Å². The summed E-state index contributed by atoms with van der Waals surface area (Å²) in [5.74, 6) is 0. The minimum Gasteiger partial charge on any atom is -0.390 e. The van der Waals surface area contributed by atoms with Crippen LogP contribution in [-0.4, -0.2) is 35.8 Å². The lowest BCUT2D eigenvalue weighted by molar-refractivity contribution is 0.0590. The molecule has 6 heteroatoms. The van der Waals surface area contributed by atoms with E-state index in [4.69, 9.17) is 16.4 Å². The predicted molar refractivity (Wildman–Crippen MR) is 103 cm³/mol.